The molecule has 0 radical (unpaired) electrons. The van der Waals surface area contributed by atoms with Crippen LogP contribution in [0.4, 0.5) is 0 Å². The molecule has 0 N–H and O–H groups in total. The van der Waals surface area contributed by atoms with Gasteiger partial charge in [0.25, 0.3) is 0 Å². The predicted molar refractivity (Wildman–Crippen MR) is 45.1 cm³/mol. The maximum atomic E-state index is 11.4. The van der Waals surface area contributed by atoms with Gasteiger partial charge in [0.15, 0.2) is 0 Å². The molecule has 1 rings (SSSR count). The van der Waals surface area contributed by atoms with Crippen molar-refractivity contribution in [1.29, 1.82) is 5.26 Å². The molecule has 66 valence electrons. The van der Waals surface area contributed by atoms with Gasteiger partial charge in [-0.3, -0.25) is 4.79 Å². The zero-order valence-electron chi connectivity index (χ0n) is 7.58. The van der Waals surface area contributed by atoms with Gasteiger partial charge in [0.2, 0.25) is 5.91 Å². The second-order valence-corrected chi connectivity index (χ2v) is 3.52. The molecule has 3 heteroatoms. The number of nitrogens with zero attached hydrogens (tertiary/aromatic N) is 2. The second kappa shape index (κ2) is 3.57. The average molecular weight is 166 g/mol. The summed E-state index contributed by atoms with van der Waals surface area (Å²) in [5.74, 6) is 0.413. The summed E-state index contributed by atoms with van der Waals surface area (Å²) in [5.41, 5.74) is 0. The van der Waals surface area contributed by atoms with Crippen LogP contribution in [0.2, 0.25) is 0 Å². The molecule has 12 heavy (non-hydrogen) atoms. The van der Waals surface area contributed by atoms with Crippen LogP contribution in [0, 0.1) is 23.2 Å². The van der Waals surface area contributed by atoms with Gasteiger partial charge in [-0.25, -0.2) is 0 Å². The van der Waals surface area contributed by atoms with Crippen molar-refractivity contribution < 1.29 is 4.79 Å². The van der Waals surface area contributed by atoms with E-state index in [1.807, 2.05) is 6.92 Å². The van der Waals surface area contributed by atoms with E-state index in [2.05, 4.69) is 6.07 Å². The van der Waals surface area contributed by atoms with Crippen molar-refractivity contribution in [2.45, 2.75) is 19.8 Å². The number of nitriles is 1. The summed E-state index contributed by atoms with van der Waals surface area (Å²) in [6.45, 7) is 2.39. The Morgan fingerprint density at radius 1 is 1.75 bits per heavy atom. The fourth-order valence-corrected chi connectivity index (χ4v) is 1.18. The van der Waals surface area contributed by atoms with Crippen LogP contribution < -0.4 is 0 Å². The van der Waals surface area contributed by atoms with Crippen LogP contribution in [0.3, 0.4) is 0 Å². The Morgan fingerprint density at radius 3 is 2.75 bits per heavy atom. The van der Waals surface area contributed by atoms with Crippen LogP contribution in [0.5, 0.6) is 0 Å². The van der Waals surface area contributed by atoms with E-state index in [9.17, 15) is 4.79 Å². The van der Waals surface area contributed by atoms with Crippen LogP contribution in [-0.4, -0.2) is 24.4 Å². The molecular formula is C9H14N2O. The van der Waals surface area contributed by atoms with Gasteiger partial charge in [0.1, 0.15) is 0 Å². The monoisotopic (exact) mass is 166 g/mol. The molecule has 0 aromatic rings. The summed E-state index contributed by atoms with van der Waals surface area (Å²) in [6, 6.07) is 2.12. The van der Waals surface area contributed by atoms with Gasteiger partial charge in [0.05, 0.1) is 12.0 Å². The summed E-state index contributed by atoms with van der Waals surface area (Å²) in [6.07, 6.45) is 2.06. The van der Waals surface area contributed by atoms with Gasteiger partial charge < -0.3 is 4.90 Å². The highest BCUT2D eigenvalue weighted by Gasteiger charge is 2.32. The van der Waals surface area contributed by atoms with Crippen molar-refractivity contribution in [3.05, 3.63) is 0 Å². The van der Waals surface area contributed by atoms with E-state index in [1.165, 1.54) is 0 Å². The molecule has 0 aliphatic heterocycles. The summed E-state index contributed by atoms with van der Waals surface area (Å²) in [5, 5.41) is 8.53. The third-order valence-electron chi connectivity index (χ3n) is 2.07. The molecule has 0 aromatic heterocycles. The standard InChI is InChI=1S/C9H14N2O/c1-7(5-10)6-11(2)9(12)8-3-4-8/h7-8H,3-4,6H2,1-2H3. The van der Waals surface area contributed by atoms with Gasteiger partial charge in [-0.2, -0.15) is 5.26 Å². The highest BCUT2D eigenvalue weighted by molar-refractivity contribution is 5.80. The maximum absolute atomic E-state index is 11.4. The average Bonchev–Trinajstić information content (AvgIpc) is 2.85. The minimum absolute atomic E-state index is 0.0577. The van der Waals surface area contributed by atoms with E-state index in [4.69, 9.17) is 5.26 Å². The van der Waals surface area contributed by atoms with Gasteiger partial charge >= 0.3 is 0 Å². The van der Waals surface area contributed by atoms with E-state index in [-0.39, 0.29) is 17.7 Å². The molecule has 0 aromatic carbocycles. The quantitative estimate of drug-likeness (QED) is 0.628. The molecule has 0 saturated heterocycles. The van der Waals surface area contributed by atoms with E-state index in [1.54, 1.807) is 11.9 Å². The Labute approximate surface area is 73.0 Å². The first-order valence-corrected chi connectivity index (χ1v) is 4.29. The van der Waals surface area contributed by atoms with Crippen molar-refractivity contribution in [3.8, 4) is 6.07 Å². The Morgan fingerprint density at radius 2 is 2.33 bits per heavy atom. The molecule has 1 aliphatic carbocycles. The Hall–Kier alpha value is -1.04. The molecule has 0 bridgehead atoms. The lowest BCUT2D eigenvalue weighted by molar-refractivity contribution is -0.131. The highest BCUT2D eigenvalue weighted by atomic mass is 16.2. The van der Waals surface area contributed by atoms with Gasteiger partial charge in [-0.05, 0) is 19.8 Å². The molecule has 0 spiro atoms. The van der Waals surface area contributed by atoms with Gasteiger partial charge in [-0.15, -0.1) is 0 Å². The predicted octanol–water partition coefficient (Wildman–Crippen LogP) is 1.01. The van der Waals surface area contributed by atoms with Crippen LogP contribution in [0.1, 0.15) is 19.8 Å². The summed E-state index contributed by atoms with van der Waals surface area (Å²) in [7, 11) is 1.77. The zero-order valence-corrected chi connectivity index (χ0v) is 7.58. The summed E-state index contributed by atoms with van der Waals surface area (Å²) < 4.78 is 0. The molecule has 1 atom stereocenters. The zero-order chi connectivity index (χ0) is 9.14. The number of amides is 1. The summed E-state index contributed by atoms with van der Waals surface area (Å²) in [4.78, 5) is 13.0. The van der Waals surface area contributed by atoms with Crippen LogP contribution in [0.15, 0.2) is 0 Å². The molecule has 0 heterocycles. The highest BCUT2D eigenvalue weighted by Crippen LogP contribution is 2.30. The first-order chi connectivity index (χ1) is 5.65. The molecule has 1 amide bonds. The van der Waals surface area contributed by atoms with Crippen LogP contribution in [-0.2, 0) is 4.79 Å². The normalized spacial score (nSPS) is 18.1. The van der Waals surface area contributed by atoms with Crippen molar-refractivity contribution in [3.63, 3.8) is 0 Å². The van der Waals surface area contributed by atoms with E-state index in [0.717, 1.165) is 12.8 Å². The minimum Gasteiger partial charge on any atom is -0.344 e. The van der Waals surface area contributed by atoms with Crippen molar-refractivity contribution in [1.82, 2.24) is 4.90 Å². The molecule has 3 nitrogen and oxygen atoms in total. The maximum Gasteiger partial charge on any atom is 0.225 e. The van der Waals surface area contributed by atoms with Gasteiger partial charge in [0, 0.05) is 19.5 Å². The van der Waals surface area contributed by atoms with Crippen LogP contribution in [0.25, 0.3) is 0 Å². The number of carbonyl (C=O) groups excluding carboxylic acids is 1. The van der Waals surface area contributed by atoms with Crippen molar-refractivity contribution in [2.75, 3.05) is 13.6 Å². The smallest absolute Gasteiger partial charge is 0.225 e. The van der Waals surface area contributed by atoms with Gasteiger partial charge in [-0.1, -0.05) is 0 Å². The lowest BCUT2D eigenvalue weighted by atomic mass is 10.2. The topological polar surface area (TPSA) is 44.1 Å². The fourth-order valence-electron chi connectivity index (χ4n) is 1.18. The molecule has 1 saturated carbocycles. The lowest BCUT2D eigenvalue weighted by Gasteiger charge is -2.17. The molecule has 1 unspecified atom stereocenters. The molecular weight excluding hydrogens is 152 g/mol. The second-order valence-electron chi connectivity index (χ2n) is 3.52. The largest absolute Gasteiger partial charge is 0.344 e. The molecule has 1 aliphatic rings. The third-order valence-corrected chi connectivity index (χ3v) is 2.07. The van der Waals surface area contributed by atoms with Crippen molar-refractivity contribution >= 4 is 5.91 Å². The number of rotatable bonds is 3. The van der Waals surface area contributed by atoms with E-state index < -0.39 is 0 Å². The number of hydrogen-bond acceptors (Lipinski definition) is 2. The van der Waals surface area contributed by atoms with E-state index >= 15 is 0 Å². The first kappa shape index (κ1) is 9.05. The number of hydrogen-bond donors (Lipinski definition) is 0. The van der Waals surface area contributed by atoms with Crippen LogP contribution >= 0.6 is 0 Å². The number of carbonyl (C=O) groups is 1. The SMILES string of the molecule is CC(C#N)CN(C)C(=O)C1CC1. The fraction of sp³-hybridized carbons (Fsp3) is 0.778. The third kappa shape index (κ3) is 2.23. The summed E-state index contributed by atoms with van der Waals surface area (Å²) >= 11 is 0. The van der Waals surface area contributed by atoms with E-state index in [0.29, 0.717) is 6.54 Å². The molecule has 1 fully saturated rings. The first-order valence-electron chi connectivity index (χ1n) is 4.29. The van der Waals surface area contributed by atoms with Crippen molar-refractivity contribution in [2.24, 2.45) is 11.8 Å². The Kier molecular flexibility index (Phi) is 2.69. The lowest BCUT2D eigenvalue weighted by Crippen LogP contribution is -2.31. The Balaban J connectivity index is 2.32. The Bertz CT molecular complexity index is 215. The minimum atomic E-state index is -0.0577.